The molecule has 1 aliphatic rings. The van der Waals surface area contributed by atoms with E-state index < -0.39 is 19.9 Å². The van der Waals surface area contributed by atoms with Gasteiger partial charge in [-0.05, 0) is 55.2 Å². The zero-order valence-electron chi connectivity index (χ0n) is 13.6. The van der Waals surface area contributed by atoms with Crippen LogP contribution >= 0.6 is 10.8 Å². The van der Waals surface area contributed by atoms with E-state index in [0.29, 0.717) is 5.75 Å². The molecule has 0 saturated heterocycles. The molecule has 0 unspecified atom stereocenters. The van der Waals surface area contributed by atoms with Gasteiger partial charge in [-0.2, -0.15) is 5.06 Å². The van der Waals surface area contributed by atoms with Crippen LogP contribution in [0.4, 0.5) is 0 Å². The van der Waals surface area contributed by atoms with Crippen LogP contribution in [-0.2, 0) is 8.87 Å². The normalized spacial score (nSPS) is 21.4. The van der Waals surface area contributed by atoms with Crippen molar-refractivity contribution in [2.75, 3.05) is 12.0 Å². The summed E-state index contributed by atoms with van der Waals surface area (Å²) in [4.78, 5) is 0. The maximum atomic E-state index is 11.5. The van der Waals surface area contributed by atoms with Gasteiger partial charge in [-0.25, -0.2) is 8.42 Å². The summed E-state index contributed by atoms with van der Waals surface area (Å²) in [7, 11) is -2.23. The summed E-state index contributed by atoms with van der Waals surface area (Å²) < 4.78 is 23.1. The highest BCUT2D eigenvalue weighted by Gasteiger charge is 2.50. The molecule has 0 aliphatic carbocycles. The average Bonchev–Trinajstić information content (AvgIpc) is 2.54. The Hall–Kier alpha value is -0.820. The van der Waals surface area contributed by atoms with Crippen molar-refractivity contribution >= 4 is 25.2 Å². The standard InChI is InChI=1S/C16H23NO3S2/c1-15(2)13(11-21-22(5,19)20)14(16(3,4)17(15)18)12-9-7-6-8-10-12/h6-10,18H,11H2,1-5H3. The van der Waals surface area contributed by atoms with Gasteiger partial charge in [0.05, 0.1) is 11.1 Å². The highest BCUT2D eigenvalue weighted by molar-refractivity contribution is 8.71. The number of hydroxylamine groups is 2. The second-order valence-corrected chi connectivity index (χ2v) is 11.1. The van der Waals surface area contributed by atoms with Crippen LogP contribution in [0, 0.1) is 0 Å². The highest BCUT2D eigenvalue weighted by atomic mass is 33.1. The van der Waals surface area contributed by atoms with Gasteiger partial charge < -0.3 is 5.21 Å². The molecule has 0 radical (unpaired) electrons. The van der Waals surface area contributed by atoms with Crippen molar-refractivity contribution in [1.29, 1.82) is 0 Å². The minimum Gasteiger partial charge on any atom is -0.312 e. The molecule has 0 saturated carbocycles. The Bertz CT molecular complexity index is 691. The monoisotopic (exact) mass is 341 g/mol. The summed E-state index contributed by atoms with van der Waals surface area (Å²) in [6.45, 7) is 7.75. The van der Waals surface area contributed by atoms with Crippen LogP contribution in [0.2, 0.25) is 0 Å². The first-order valence-electron chi connectivity index (χ1n) is 7.11. The molecule has 6 heteroatoms. The predicted molar refractivity (Wildman–Crippen MR) is 92.4 cm³/mol. The van der Waals surface area contributed by atoms with Crippen molar-refractivity contribution in [3.05, 3.63) is 41.5 Å². The van der Waals surface area contributed by atoms with E-state index in [2.05, 4.69) is 0 Å². The number of benzene rings is 1. The topological polar surface area (TPSA) is 57.6 Å². The largest absolute Gasteiger partial charge is 0.312 e. The Morgan fingerprint density at radius 2 is 1.64 bits per heavy atom. The van der Waals surface area contributed by atoms with Crippen LogP contribution in [0.25, 0.3) is 5.57 Å². The van der Waals surface area contributed by atoms with Gasteiger partial charge in [-0.3, -0.25) is 0 Å². The van der Waals surface area contributed by atoms with Crippen LogP contribution in [0.5, 0.6) is 0 Å². The van der Waals surface area contributed by atoms with E-state index in [0.717, 1.165) is 27.5 Å². The summed E-state index contributed by atoms with van der Waals surface area (Å²) in [5.41, 5.74) is 1.75. The molecular formula is C16H23NO3S2. The van der Waals surface area contributed by atoms with Crippen LogP contribution in [-0.4, -0.2) is 41.8 Å². The van der Waals surface area contributed by atoms with E-state index >= 15 is 0 Å². The van der Waals surface area contributed by atoms with Gasteiger partial charge in [0, 0.05) is 12.0 Å². The van der Waals surface area contributed by atoms with Gasteiger partial charge >= 0.3 is 0 Å². The third kappa shape index (κ3) is 3.11. The number of hydrogen-bond acceptors (Lipinski definition) is 5. The van der Waals surface area contributed by atoms with Crippen molar-refractivity contribution in [3.63, 3.8) is 0 Å². The summed E-state index contributed by atoms with van der Waals surface area (Å²) in [5.74, 6) is 0.344. The van der Waals surface area contributed by atoms with Crippen molar-refractivity contribution in [3.8, 4) is 0 Å². The molecule has 1 N–H and O–H groups in total. The van der Waals surface area contributed by atoms with Crippen molar-refractivity contribution in [1.82, 2.24) is 5.06 Å². The fraction of sp³-hybridized carbons (Fsp3) is 0.500. The zero-order valence-corrected chi connectivity index (χ0v) is 15.3. The predicted octanol–water partition coefficient (Wildman–Crippen LogP) is 3.40. The van der Waals surface area contributed by atoms with E-state index in [4.69, 9.17) is 0 Å². The maximum Gasteiger partial charge on any atom is 0.199 e. The number of hydrogen-bond donors (Lipinski definition) is 1. The molecule has 0 atom stereocenters. The first-order valence-corrected chi connectivity index (χ1v) is 10.5. The van der Waals surface area contributed by atoms with Gasteiger partial charge in [-0.1, -0.05) is 30.3 Å². The van der Waals surface area contributed by atoms with Crippen molar-refractivity contribution < 1.29 is 13.6 Å². The molecule has 1 heterocycles. The molecule has 0 amide bonds. The molecule has 2 rings (SSSR count). The fourth-order valence-corrected chi connectivity index (χ4v) is 4.98. The lowest BCUT2D eigenvalue weighted by Gasteiger charge is -2.37. The fourth-order valence-electron chi connectivity index (χ4n) is 3.15. The Balaban J connectivity index is 2.60. The lowest BCUT2D eigenvalue weighted by Crippen LogP contribution is -2.48. The first kappa shape index (κ1) is 17.5. The molecule has 4 nitrogen and oxygen atoms in total. The number of nitrogens with zero attached hydrogens (tertiary/aromatic N) is 1. The van der Waals surface area contributed by atoms with E-state index in [1.807, 2.05) is 58.0 Å². The molecule has 122 valence electrons. The van der Waals surface area contributed by atoms with E-state index in [1.54, 1.807) is 0 Å². The lowest BCUT2D eigenvalue weighted by molar-refractivity contribution is -0.183. The third-order valence-electron chi connectivity index (χ3n) is 4.19. The van der Waals surface area contributed by atoms with E-state index in [-0.39, 0.29) is 0 Å². The summed E-state index contributed by atoms with van der Waals surface area (Å²) in [6, 6.07) is 9.84. The second kappa shape index (κ2) is 5.67. The Morgan fingerprint density at radius 1 is 1.09 bits per heavy atom. The molecule has 0 fully saturated rings. The van der Waals surface area contributed by atoms with E-state index in [1.165, 1.54) is 11.3 Å². The molecule has 1 aromatic carbocycles. The van der Waals surface area contributed by atoms with Crippen LogP contribution in [0.15, 0.2) is 35.9 Å². The molecule has 0 bridgehead atoms. The molecule has 1 aromatic rings. The third-order valence-corrected chi connectivity index (χ3v) is 6.66. The van der Waals surface area contributed by atoms with Crippen LogP contribution in [0.3, 0.4) is 0 Å². The number of rotatable bonds is 4. The Kier molecular flexibility index (Phi) is 4.52. The van der Waals surface area contributed by atoms with Crippen molar-refractivity contribution in [2.24, 2.45) is 0 Å². The average molecular weight is 341 g/mol. The summed E-state index contributed by atoms with van der Waals surface area (Å²) in [5, 5.41) is 12.0. The minimum atomic E-state index is -3.14. The highest BCUT2D eigenvalue weighted by Crippen LogP contribution is 2.49. The van der Waals surface area contributed by atoms with Crippen LogP contribution < -0.4 is 0 Å². The quantitative estimate of drug-likeness (QED) is 0.851. The first-order chi connectivity index (χ1) is 9.98. The lowest BCUT2D eigenvalue weighted by atomic mass is 9.86. The van der Waals surface area contributed by atoms with Crippen LogP contribution in [0.1, 0.15) is 33.3 Å². The van der Waals surface area contributed by atoms with Gasteiger partial charge in [0.2, 0.25) is 0 Å². The second-order valence-electron chi connectivity index (χ2n) is 6.62. The molecule has 1 aliphatic heterocycles. The Labute approximate surface area is 136 Å². The van der Waals surface area contributed by atoms with Gasteiger partial charge in [-0.15, -0.1) is 0 Å². The Morgan fingerprint density at radius 3 is 2.14 bits per heavy atom. The maximum absolute atomic E-state index is 11.5. The summed E-state index contributed by atoms with van der Waals surface area (Å²) >= 11 is 0. The molecule has 22 heavy (non-hydrogen) atoms. The van der Waals surface area contributed by atoms with Gasteiger partial charge in [0.25, 0.3) is 0 Å². The smallest absolute Gasteiger partial charge is 0.199 e. The van der Waals surface area contributed by atoms with Crippen molar-refractivity contribution in [2.45, 2.75) is 38.8 Å². The molecule has 0 spiro atoms. The zero-order chi connectivity index (χ0) is 16.8. The minimum absolute atomic E-state index is 0.344. The summed E-state index contributed by atoms with van der Waals surface area (Å²) in [6.07, 6.45) is 1.21. The molecular weight excluding hydrogens is 318 g/mol. The molecule has 0 aromatic heterocycles. The van der Waals surface area contributed by atoms with E-state index in [9.17, 15) is 13.6 Å². The van der Waals surface area contributed by atoms with Gasteiger partial charge in [0.15, 0.2) is 8.87 Å². The van der Waals surface area contributed by atoms with Gasteiger partial charge in [0.1, 0.15) is 0 Å². The SMILES string of the molecule is CC1(C)C(CSS(C)(=O)=O)=C(c2ccccc2)C(C)(C)N1O.